The minimum atomic E-state index is -0.596. The fraction of sp³-hybridized carbons (Fsp3) is 0.174. The van der Waals surface area contributed by atoms with Gasteiger partial charge in [-0.25, -0.2) is 4.79 Å². The van der Waals surface area contributed by atoms with Crippen molar-refractivity contribution in [2.24, 2.45) is 0 Å². The van der Waals surface area contributed by atoms with Crippen molar-refractivity contribution >= 4 is 23.4 Å². The zero-order valence-electron chi connectivity index (χ0n) is 18.3. The number of anilines is 1. The molecule has 0 aliphatic carbocycles. The number of hydrogen-bond acceptors (Lipinski definition) is 7. The molecule has 2 aromatic heterocycles. The first kappa shape index (κ1) is 23.1. The van der Waals surface area contributed by atoms with Crippen LogP contribution in [0.5, 0.6) is 5.75 Å². The molecule has 0 bridgehead atoms. The van der Waals surface area contributed by atoms with E-state index in [0.717, 1.165) is 11.4 Å². The first-order valence-corrected chi connectivity index (χ1v) is 11.5. The van der Waals surface area contributed by atoms with E-state index in [4.69, 9.17) is 4.74 Å². The van der Waals surface area contributed by atoms with Gasteiger partial charge >= 0.3 is 5.69 Å². The molecule has 4 rings (SSSR count). The van der Waals surface area contributed by atoms with Gasteiger partial charge in [-0.15, -0.1) is 10.2 Å². The number of aromatic amines is 2. The number of nitrogens with one attached hydrogen (secondary N) is 3. The Bertz CT molecular complexity index is 1350. The fourth-order valence-electron chi connectivity index (χ4n) is 3.26. The van der Waals surface area contributed by atoms with Crippen LogP contribution in [0, 0.1) is 0 Å². The molecule has 0 unspecified atom stereocenters. The van der Waals surface area contributed by atoms with Crippen molar-refractivity contribution in [1.82, 2.24) is 24.7 Å². The second-order valence-electron chi connectivity index (χ2n) is 7.15. The highest BCUT2D eigenvalue weighted by Crippen LogP contribution is 2.25. The molecule has 0 aliphatic rings. The summed E-state index contributed by atoms with van der Waals surface area (Å²) in [7, 11) is 0. The van der Waals surface area contributed by atoms with Crippen LogP contribution in [0.15, 0.2) is 75.4 Å². The van der Waals surface area contributed by atoms with Crippen LogP contribution in [0.2, 0.25) is 0 Å². The highest BCUT2D eigenvalue weighted by Gasteiger charge is 2.17. The summed E-state index contributed by atoms with van der Waals surface area (Å²) in [6.07, 6.45) is 0.163. The Kier molecular flexibility index (Phi) is 7.23. The normalized spacial score (nSPS) is 10.7. The third-order valence-electron chi connectivity index (χ3n) is 4.66. The number of aromatic nitrogens is 5. The van der Waals surface area contributed by atoms with Crippen LogP contribution < -0.4 is 21.3 Å². The lowest BCUT2D eigenvalue weighted by atomic mass is 10.2. The lowest BCUT2D eigenvalue weighted by Crippen LogP contribution is -2.23. The summed E-state index contributed by atoms with van der Waals surface area (Å²) in [6.45, 7) is 2.45. The molecule has 2 heterocycles. The molecule has 0 fully saturated rings. The Labute approximate surface area is 198 Å². The van der Waals surface area contributed by atoms with Gasteiger partial charge in [-0.1, -0.05) is 30.0 Å². The first-order valence-electron chi connectivity index (χ1n) is 10.5. The molecule has 0 atom stereocenters. The van der Waals surface area contributed by atoms with Crippen molar-refractivity contribution in [3.05, 3.63) is 93.0 Å². The predicted molar refractivity (Wildman–Crippen MR) is 129 cm³/mol. The Morgan fingerprint density at radius 1 is 1.06 bits per heavy atom. The number of ether oxygens (including phenoxy) is 1. The molecule has 0 radical (unpaired) electrons. The van der Waals surface area contributed by atoms with Gasteiger partial charge in [-0.2, -0.15) is 0 Å². The molecule has 11 heteroatoms. The van der Waals surface area contributed by atoms with Gasteiger partial charge < -0.3 is 15.0 Å². The number of carbonyl (C=O) groups is 1. The summed E-state index contributed by atoms with van der Waals surface area (Å²) in [5, 5.41) is 11.9. The first-order chi connectivity index (χ1) is 16.5. The zero-order chi connectivity index (χ0) is 23.9. The Hall–Kier alpha value is -4.12. The average molecular weight is 479 g/mol. The van der Waals surface area contributed by atoms with E-state index in [1.807, 2.05) is 61.5 Å². The molecule has 0 saturated carbocycles. The maximum Gasteiger partial charge on any atom is 0.325 e. The van der Waals surface area contributed by atoms with Gasteiger partial charge in [0.2, 0.25) is 5.91 Å². The van der Waals surface area contributed by atoms with Gasteiger partial charge in [-0.3, -0.25) is 19.1 Å². The summed E-state index contributed by atoms with van der Waals surface area (Å²) in [6, 6.07) is 17.9. The molecule has 34 heavy (non-hydrogen) atoms. The number of carbonyl (C=O) groups excluding carboxylic acids is 1. The molecule has 0 saturated heterocycles. The summed E-state index contributed by atoms with van der Waals surface area (Å²) in [5.41, 5.74) is 0.758. The Morgan fingerprint density at radius 2 is 1.82 bits per heavy atom. The number of hydrogen-bond donors (Lipinski definition) is 3. The third kappa shape index (κ3) is 5.81. The molecule has 3 N–H and O–H groups in total. The van der Waals surface area contributed by atoms with Gasteiger partial charge in [-0.05, 0) is 43.3 Å². The van der Waals surface area contributed by atoms with Crippen molar-refractivity contribution in [2.75, 3.05) is 17.7 Å². The number of benzene rings is 2. The number of rotatable bonds is 9. The maximum atomic E-state index is 12.4. The van der Waals surface area contributed by atoms with E-state index >= 15 is 0 Å². The average Bonchev–Trinajstić information content (AvgIpc) is 3.20. The van der Waals surface area contributed by atoms with E-state index in [1.54, 1.807) is 4.57 Å². The van der Waals surface area contributed by atoms with Crippen molar-refractivity contribution in [3.63, 3.8) is 0 Å². The quantitative estimate of drug-likeness (QED) is 0.314. The van der Waals surface area contributed by atoms with Crippen molar-refractivity contribution in [1.29, 1.82) is 0 Å². The maximum absolute atomic E-state index is 12.4. The van der Waals surface area contributed by atoms with Crippen LogP contribution in [0.1, 0.15) is 18.4 Å². The second-order valence-corrected chi connectivity index (χ2v) is 8.10. The molecule has 1 amide bonds. The molecule has 4 aromatic rings. The molecule has 174 valence electrons. The molecular weight excluding hydrogens is 456 g/mol. The number of para-hydroxylation sites is 1. The number of nitrogens with zero attached hydrogens (tertiary/aromatic N) is 3. The fourth-order valence-corrected chi connectivity index (χ4v) is 4.03. The largest absolute Gasteiger partial charge is 0.494 e. The lowest BCUT2D eigenvalue weighted by molar-refractivity contribution is -0.113. The minimum absolute atomic E-state index is 0.117. The van der Waals surface area contributed by atoms with Crippen LogP contribution in [0.4, 0.5) is 5.69 Å². The minimum Gasteiger partial charge on any atom is -0.494 e. The van der Waals surface area contributed by atoms with Gasteiger partial charge in [0.25, 0.3) is 5.56 Å². The monoisotopic (exact) mass is 478 g/mol. The van der Waals surface area contributed by atoms with Crippen LogP contribution >= 0.6 is 11.8 Å². The van der Waals surface area contributed by atoms with Crippen LogP contribution in [0.25, 0.3) is 5.69 Å². The number of H-pyrrole nitrogens is 2. The van der Waals surface area contributed by atoms with Crippen molar-refractivity contribution < 1.29 is 9.53 Å². The second kappa shape index (κ2) is 10.7. The van der Waals surface area contributed by atoms with E-state index in [9.17, 15) is 14.4 Å². The van der Waals surface area contributed by atoms with Gasteiger partial charge in [0.1, 0.15) is 11.6 Å². The molecule has 0 spiro atoms. The number of thioether (sulfide) groups is 1. The highest BCUT2D eigenvalue weighted by molar-refractivity contribution is 7.99. The molecular formula is C23H22N6O4S. The van der Waals surface area contributed by atoms with Gasteiger partial charge in [0.15, 0.2) is 5.16 Å². The summed E-state index contributed by atoms with van der Waals surface area (Å²) < 4.78 is 7.31. The summed E-state index contributed by atoms with van der Waals surface area (Å²) in [4.78, 5) is 40.6. The third-order valence-corrected chi connectivity index (χ3v) is 5.59. The Balaban J connectivity index is 1.60. The van der Waals surface area contributed by atoms with E-state index in [0.29, 0.717) is 29.0 Å². The van der Waals surface area contributed by atoms with Gasteiger partial charge in [0.05, 0.1) is 12.4 Å². The SMILES string of the molecule is CCOc1ccc(-n2c(Cc3cc(=O)[nH]c(=O)[nH]3)nnc2SCC(=O)Nc2ccccc2)cc1. The van der Waals surface area contributed by atoms with E-state index < -0.39 is 11.2 Å². The van der Waals surface area contributed by atoms with E-state index in [-0.39, 0.29) is 18.1 Å². The van der Waals surface area contributed by atoms with Crippen LogP contribution in [-0.2, 0) is 11.2 Å². The summed E-state index contributed by atoms with van der Waals surface area (Å²) in [5.74, 6) is 1.15. The highest BCUT2D eigenvalue weighted by atomic mass is 32.2. The lowest BCUT2D eigenvalue weighted by Gasteiger charge is -2.11. The van der Waals surface area contributed by atoms with Crippen LogP contribution in [0.3, 0.4) is 0 Å². The molecule has 10 nitrogen and oxygen atoms in total. The summed E-state index contributed by atoms with van der Waals surface area (Å²) >= 11 is 1.23. The van der Waals surface area contributed by atoms with Crippen LogP contribution in [-0.4, -0.2) is 43.0 Å². The van der Waals surface area contributed by atoms with Crippen molar-refractivity contribution in [2.45, 2.75) is 18.5 Å². The van der Waals surface area contributed by atoms with Gasteiger partial charge in [0, 0.05) is 29.6 Å². The predicted octanol–water partition coefficient (Wildman–Crippen LogP) is 2.36. The van der Waals surface area contributed by atoms with Crippen molar-refractivity contribution in [3.8, 4) is 11.4 Å². The zero-order valence-corrected chi connectivity index (χ0v) is 19.1. The Morgan fingerprint density at radius 3 is 2.53 bits per heavy atom. The standard InChI is InChI=1S/C23H22N6O4S/c1-2-33-18-10-8-17(9-11-18)29-19(12-16-13-20(30)26-22(32)25-16)27-28-23(29)34-14-21(31)24-15-6-4-3-5-7-15/h3-11,13H,2,12,14H2,1H3,(H,24,31)(H2,25,26,30,32). The number of amides is 1. The smallest absolute Gasteiger partial charge is 0.325 e. The molecule has 2 aromatic carbocycles. The van der Waals surface area contributed by atoms with E-state index in [1.165, 1.54) is 17.8 Å². The topological polar surface area (TPSA) is 135 Å². The van der Waals surface area contributed by atoms with E-state index in [2.05, 4.69) is 25.5 Å². The molecule has 0 aliphatic heterocycles.